The van der Waals surface area contributed by atoms with Gasteiger partial charge < -0.3 is 0 Å². The van der Waals surface area contributed by atoms with Crippen LogP contribution in [-0.2, 0) is 9.75 Å². The Morgan fingerprint density at radius 3 is 0.700 bits per heavy atom. The zero-order valence-corrected chi connectivity index (χ0v) is 18.8. The molecule has 0 saturated carbocycles. The van der Waals surface area contributed by atoms with E-state index in [1.807, 2.05) is 86.6 Å². The summed E-state index contributed by atoms with van der Waals surface area (Å²) in [6.07, 6.45) is 0. The monoisotopic (exact) mass is 432 g/mol. The van der Waals surface area contributed by atoms with Gasteiger partial charge in [-0.3, -0.25) is 0 Å². The number of hydrogen-bond donors (Lipinski definition) is 0. The molecule has 0 N–H and O–H groups in total. The minimum absolute atomic E-state index is 0.442. The van der Waals surface area contributed by atoms with Crippen molar-refractivity contribution < 1.29 is 0 Å². The smallest absolute Gasteiger partial charge is 0.0916 e. The van der Waals surface area contributed by atoms with Gasteiger partial charge in [0.05, 0.1) is 9.75 Å². The van der Waals surface area contributed by atoms with E-state index < -0.39 is 9.75 Å². The summed E-state index contributed by atoms with van der Waals surface area (Å²) < 4.78 is 0. The second-order valence-electron chi connectivity index (χ2n) is 7.47. The first-order chi connectivity index (χ1) is 14.4. The third-order valence-corrected chi connectivity index (χ3v) is 6.14. The molecule has 0 atom stereocenters. The van der Waals surface area contributed by atoms with E-state index in [0.717, 1.165) is 22.3 Å². The average molecular weight is 433 g/mol. The molecule has 0 aliphatic rings. The van der Waals surface area contributed by atoms with E-state index >= 15 is 0 Å². The molecule has 0 aliphatic carbocycles. The molecule has 0 fully saturated rings. The topological polar surface area (TPSA) is 0 Å². The molecule has 30 heavy (non-hydrogen) atoms. The van der Waals surface area contributed by atoms with Gasteiger partial charge in [-0.2, -0.15) is 0 Å². The minimum atomic E-state index is -0.442. The third kappa shape index (κ3) is 5.33. The summed E-state index contributed by atoms with van der Waals surface area (Å²) >= 11 is 13.2. The minimum Gasteiger partial charge on any atom is -0.109 e. The largest absolute Gasteiger partial charge is 0.109 e. The van der Waals surface area contributed by atoms with Crippen molar-refractivity contribution in [3.63, 3.8) is 0 Å². The fourth-order valence-electron chi connectivity index (χ4n) is 3.34. The Morgan fingerprint density at radius 2 is 0.533 bits per heavy atom. The number of rotatable bonds is 4. The molecular weight excluding hydrogens is 407 g/mol. The van der Waals surface area contributed by atoms with Crippen LogP contribution in [0.2, 0.25) is 0 Å². The molecule has 2 heteroatoms. The zero-order valence-electron chi connectivity index (χ0n) is 17.3. The van der Waals surface area contributed by atoms with Crippen molar-refractivity contribution in [1.82, 2.24) is 0 Å². The average Bonchev–Trinajstić information content (AvgIpc) is 2.82. The van der Waals surface area contributed by atoms with Crippen molar-refractivity contribution in [3.05, 3.63) is 144 Å². The molecule has 0 aliphatic heterocycles. The van der Waals surface area contributed by atoms with Gasteiger partial charge in [-0.15, -0.1) is 23.2 Å². The Kier molecular flexibility index (Phi) is 7.37. The van der Waals surface area contributed by atoms with E-state index in [1.165, 1.54) is 0 Å². The van der Waals surface area contributed by atoms with Gasteiger partial charge in [-0.05, 0) is 36.1 Å². The maximum absolute atomic E-state index is 6.59. The lowest BCUT2D eigenvalue weighted by atomic mass is 9.92. The van der Waals surface area contributed by atoms with Crippen LogP contribution in [-0.4, -0.2) is 0 Å². The summed E-state index contributed by atoms with van der Waals surface area (Å²) in [5.74, 6) is 0. The van der Waals surface area contributed by atoms with Gasteiger partial charge in [0.25, 0.3) is 0 Å². The highest BCUT2D eigenvalue weighted by Gasteiger charge is 2.25. The lowest BCUT2D eigenvalue weighted by Crippen LogP contribution is -2.14. The van der Waals surface area contributed by atoms with Crippen LogP contribution in [0.1, 0.15) is 36.1 Å². The van der Waals surface area contributed by atoms with Crippen molar-refractivity contribution >= 4 is 23.2 Å². The first kappa shape index (κ1) is 22.2. The van der Waals surface area contributed by atoms with Gasteiger partial charge in [-0.1, -0.05) is 121 Å². The highest BCUT2D eigenvalue weighted by molar-refractivity contribution is 6.26. The van der Waals surface area contributed by atoms with E-state index in [0.29, 0.717) is 0 Å². The van der Waals surface area contributed by atoms with Gasteiger partial charge in [0.1, 0.15) is 0 Å². The van der Waals surface area contributed by atoms with Crippen LogP contribution in [0.15, 0.2) is 121 Å². The Morgan fingerprint density at radius 1 is 0.367 bits per heavy atom. The Hall–Kier alpha value is -2.54. The summed E-state index contributed by atoms with van der Waals surface area (Å²) in [6.45, 7) is 4.05. The first-order valence-corrected chi connectivity index (χ1v) is 10.8. The van der Waals surface area contributed by atoms with Crippen LogP contribution in [0.25, 0.3) is 0 Å². The maximum atomic E-state index is 6.59. The summed E-state index contributed by atoms with van der Waals surface area (Å²) in [7, 11) is 0. The molecule has 0 amide bonds. The highest BCUT2D eigenvalue weighted by atomic mass is 35.5. The van der Waals surface area contributed by atoms with E-state index in [9.17, 15) is 0 Å². The van der Waals surface area contributed by atoms with Crippen molar-refractivity contribution in [1.29, 1.82) is 0 Å². The predicted octanol–water partition coefficient (Wildman–Crippen LogP) is 8.38. The van der Waals surface area contributed by atoms with E-state index in [4.69, 9.17) is 23.2 Å². The molecule has 0 spiro atoms. The maximum Gasteiger partial charge on any atom is 0.0916 e. The molecule has 0 heterocycles. The molecule has 0 saturated heterocycles. The molecule has 0 radical (unpaired) electrons. The molecule has 0 aromatic heterocycles. The fraction of sp³-hybridized carbons (Fsp3) is 0.143. The molecule has 0 unspecified atom stereocenters. The van der Waals surface area contributed by atoms with Gasteiger partial charge >= 0.3 is 0 Å². The van der Waals surface area contributed by atoms with E-state index in [1.54, 1.807) is 0 Å². The van der Waals surface area contributed by atoms with Gasteiger partial charge in [0.15, 0.2) is 0 Å². The van der Waals surface area contributed by atoms with Crippen LogP contribution in [0.3, 0.4) is 0 Å². The third-order valence-electron chi connectivity index (χ3n) is 5.26. The van der Waals surface area contributed by atoms with Gasteiger partial charge in [0.2, 0.25) is 0 Å². The predicted molar refractivity (Wildman–Crippen MR) is 130 cm³/mol. The number of halogens is 2. The lowest BCUT2D eigenvalue weighted by Gasteiger charge is -2.23. The van der Waals surface area contributed by atoms with Crippen LogP contribution in [0.4, 0.5) is 0 Å². The second kappa shape index (κ2) is 9.98. The summed E-state index contributed by atoms with van der Waals surface area (Å²) in [4.78, 5) is -0.884. The Bertz CT molecular complexity index is 839. The summed E-state index contributed by atoms with van der Waals surface area (Å²) in [5.41, 5.74) is 4.49. The first-order valence-electron chi connectivity index (χ1n) is 10.0. The van der Waals surface area contributed by atoms with Gasteiger partial charge in [0, 0.05) is 0 Å². The summed E-state index contributed by atoms with van der Waals surface area (Å²) in [5, 5.41) is 0. The van der Waals surface area contributed by atoms with E-state index in [2.05, 4.69) is 48.5 Å². The van der Waals surface area contributed by atoms with Crippen molar-refractivity contribution in [2.75, 3.05) is 0 Å². The number of hydrogen-bond acceptors (Lipinski definition) is 0. The molecule has 4 aromatic carbocycles. The second-order valence-corrected chi connectivity index (χ2v) is 8.98. The van der Waals surface area contributed by atoms with Crippen molar-refractivity contribution in [2.45, 2.75) is 23.6 Å². The molecule has 0 bridgehead atoms. The SMILES string of the molecule is CC(Cl)(c1ccccc1)c1ccccc1.CC(Cl)(c1ccccc1)c1ccccc1. The van der Waals surface area contributed by atoms with Gasteiger partial charge in [-0.25, -0.2) is 0 Å². The molecule has 0 nitrogen and oxygen atoms in total. The molecular formula is C28H26Cl2. The van der Waals surface area contributed by atoms with Crippen LogP contribution in [0, 0.1) is 0 Å². The number of benzene rings is 4. The highest BCUT2D eigenvalue weighted by Crippen LogP contribution is 2.36. The van der Waals surface area contributed by atoms with Crippen molar-refractivity contribution in [3.8, 4) is 0 Å². The van der Waals surface area contributed by atoms with Crippen LogP contribution >= 0.6 is 23.2 Å². The fourth-order valence-corrected chi connectivity index (χ4v) is 3.84. The lowest BCUT2D eigenvalue weighted by molar-refractivity contribution is 0.822. The zero-order chi connectivity index (χ0) is 21.5. The van der Waals surface area contributed by atoms with E-state index in [-0.39, 0.29) is 0 Å². The quantitative estimate of drug-likeness (QED) is 0.284. The molecule has 4 aromatic rings. The van der Waals surface area contributed by atoms with Crippen LogP contribution < -0.4 is 0 Å². The number of alkyl halides is 2. The van der Waals surface area contributed by atoms with Crippen molar-refractivity contribution in [2.24, 2.45) is 0 Å². The van der Waals surface area contributed by atoms with Crippen LogP contribution in [0.5, 0.6) is 0 Å². The molecule has 152 valence electrons. The summed E-state index contributed by atoms with van der Waals surface area (Å²) in [6, 6.07) is 40.6. The normalized spacial score (nSPS) is 11.3. The Labute approximate surface area is 190 Å². The Balaban J connectivity index is 0.000000171. The standard InChI is InChI=1S/2C14H13Cl/c2*1-14(15,12-8-4-2-5-9-12)13-10-6-3-7-11-13/h2*2-11H,1H3. The molecule has 4 rings (SSSR count).